The fraction of sp³-hybridized carbons (Fsp3) is 0.667. The lowest BCUT2D eigenvalue weighted by Gasteiger charge is -2.41. The standard InChI is InChI=1S/C27H41N5O2/c1-18(2)25-30-29-19(3)32(25)24-15-22-12-13-23(16-24)31(22)17-21(14-20-10-8-7-9-11-20)28-26(33)34-27(4,5)6/h7-11,18,21-24H,12-17H2,1-6H3,(H,28,33). The third-order valence-corrected chi connectivity index (χ3v) is 7.11. The Labute approximate surface area is 204 Å². The van der Waals surface area contributed by atoms with Crippen molar-refractivity contribution in [1.29, 1.82) is 0 Å². The Kier molecular flexibility index (Phi) is 7.31. The van der Waals surface area contributed by atoms with E-state index in [9.17, 15) is 4.79 Å². The number of aromatic nitrogens is 3. The highest BCUT2D eigenvalue weighted by Crippen LogP contribution is 2.42. The molecule has 2 aliphatic heterocycles. The van der Waals surface area contributed by atoms with Crippen LogP contribution in [0.1, 0.15) is 89.5 Å². The van der Waals surface area contributed by atoms with Gasteiger partial charge in [0.15, 0.2) is 0 Å². The predicted octanol–water partition coefficient (Wildman–Crippen LogP) is 5.01. The molecular weight excluding hydrogens is 426 g/mol. The number of nitrogens with one attached hydrogen (secondary N) is 1. The summed E-state index contributed by atoms with van der Waals surface area (Å²) in [5.41, 5.74) is 0.719. The fourth-order valence-corrected chi connectivity index (χ4v) is 5.77. The molecule has 1 aromatic carbocycles. The van der Waals surface area contributed by atoms with E-state index in [4.69, 9.17) is 4.74 Å². The molecule has 0 spiro atoms. The van der Waals surface area contributed by atoms with E-state index >= 15 is 0 Å². The monoisotopic (exact) mass is 467 g/mol. The van der Waals surface area contributed by atoms with Crippen LogP contribution < -0.4 is 5.32 Å². The molecule has 2 fully saturated rings. The Hall–Kier alpha value is -2.41. The quantitative estimate of drug-likeness (QED) is 0.619. The first kappa shape index (κ1) is 24.7. The Balaban J connectivity index is 1.48. The zero-order valence-corrected chi connectivity index (χ0v) is 21.6. The molecule has 3 heterocycles. The molecule has 2 aromatic rings. The molecule has 2 aliphatic rings. The second kappa shape index (κ2) is 10.1. The second-order valence-corrected chi connectivity index (χ2v) is 11.4. The van der Waals surface area contributed by atoms with E-state index < -0.39 is 5.60 Å². The molecule has 0 radical (unpaired) electrons. The van der Waals surface area contributed by atoms with Crippen molar-refractivity contribution in [2.75, 3.05) is 6.54 Å². The molecule has 7 heteroatoms. The van der Waals surface area contributed by atoms with Crippen LogP contribution in [0.25, 0.3) is 0 Å². The summed E-state index contributed by atoms with van der Waals surface area (Å²) >= 11 is 0. The number of ether oxygens (including phenoxy) is 1. The second-order valence-electron chi connectivity index (χ2n) is 11.4. The van der Waals surface area contributed by atoms with Crippen LogP contribution >= 0.6 is 0 Å². The average Bonchev–Trinajstić information content (AvgIpc) is 3.23. The van der Waals surface area contributed by atoms with E-state index in [0.717, 1.165) is 37.5 Å². The van der Waals surface area contributed by atoms with Gasteiger partial charge in [0.25, 0.3) is 0 Å². The van der Waals surface area contributed by atoms with Crippen molar-refractivity contribution in [2.45, 2.75) is 109 Å². The lowest BCUT2D eigenvalue weighted by atomic mass is 9.94. The summed E-state index contributed by atoms with van der Waals surface area (Å²) in [5, 5.41) is 12.1. The van der Waals surface area contributed by atoms with Crippen LogP contribution in [0.4, 0.5) is 4.79 Å². The van der Waals surface area contributed by atoms with Gasteiger partial charge in [0.05, 0.1) is 0 Å². The van der Waals surface area contributed by atoms with Crippen LogP contribution in [-0.2, 0) is 11.2 Å². The number of carbonyl (C=O) groups is 1. The average molecular weight is 468 g/mol. The molecule has 7 nitrogen and oxygen atoms in total. The van der Waals surface area contributed by atoms with Crippen LogP contribution in [0.2, 0.25) is 0 Å². The van der Waals surface area contributed by atoms with E-state index in [1.807, 2.05) is 26.8 Å². The SMILES string of the molecule is Cc1nnc(C(C)C)n1C1CC2CCC(C1)N2CC(Cc1ccccc1)NC(=O)OC(C)(C)C. The summed E-state index contributed by atoms with van der Waals surface area (Å²) in [6.07, 6.45) is 5.10. The Morgan fingerprint density at radius 2 is 1.74 bits per heavy atom. The molecular formula is C27H41N5O2. The van der Waals surface area contributed by atoms with Crippen molar-refractivity contribution < 1.29 is 9.53 Å². The van der Waals surface area contributed by atoms with Gasteiger partial charge < -0.3 is 14.6 Å². The number of alkyl carbamates (subject to hydrolysis) is 1. The summed E-state index contributed by atoms with van der Waals surface area (Å²) in [4.78, 5) is 15.3. The topological polar surface area (TPSA) is 72.3 Å². The van der Waals surface area contributed by atoms with Crippen LogP contribution in [0.3, 0.4) is 0 Å². The van der Waals surface area contributed by atoms with Crippen LogP contribution in [-0.4, -0.2) is 56.0 Å². The van der Waals surface area contributed by atoms with E-state index in [1.54, 1.807) is 0 Å². The van der Waals surface area contributed by atoms with Gasteiger partial charge in [0.2, 0.25) is 0 Å². The highest BCUT2D eigenvalue weighted by atomic mass is 16.6. The van der Waals surface area contributed by atoms with Crippen LogP contribution in [0, 0.1) is 6.92 Å². The first-order chi connectivity index (χ1) is 16.1. The predicted molar refractivity (Wildman–Crippen MR) is 134 cm³/mol. The van der Waals surface area contributed by atoms with E-state index in [2.05, 4.69) is 70.0 Å². The maximum Gasteiger partial charge on any atom is 0.407 e. The van der Waals surface area contributed by atoms with E-state index in [1.165, 1.54) is 18.4 Å². The number of carbonyl (C=O) groups excluding carboxylic acids is 1. The highest BCUT2D eigenvalue weighted by Gasteiger charge is 2.43. The number of piperidine rings is 1. The van der Waals surface area contributed by atoms with E-state index in [0.29, 0.717) is 24.0 Å². The van der Waals surface area contributed by atoms with Gasteiger partial charge in [-0.1, -0.05) is 44.2 Å². The molecule has 2 bridgehead atoms. The number of nitrogens with zero attached hydrogens (tertiary/aromatic N) is 4. The van der Waals surface area contributed by atoms with Gasteiger partial charge in [0.1, 0.15) is 17.2 Å². The smallest absolute Gasteiger partial charge is 0.407 e. The summed E-state index contributed by atoms with van der Waals surface area (Å²) in [6, 6.07) is 11.9. The first-order valence-electron chi connectivity index (χ1n) is 12.8. The Morgan fingerprint density at radius 3 is 2.32 bits per heavy atom. The minimum atomic E-state index is -0.510. The maximum atomic E-state index is 12.7. The Bertz CT molecular complexity index is 951. The molecule has 3 unspecified atom stereocenters. The number of aryl methyl sites for hydroxylation is 1. The molecule has 1 N–H and O–H groups in total. The number of rotatable bonds is 7. The normalized spacial score (nSPS) is 23.8. The largest absolute Gasteiger partial charge is 0.444 e. The van der Waals surface area contributed by atoms with Gasteiger partial charge in [0, 0.05) is 36.6 Å². The van der Waals surface area contributed by atoms with Crippen LogP contribution in [0.5, 0.6) is 0 Å². The number of hydrogen-bond donors (Lipinski definition) is 1. The number of benzene rings is 1. The zero-order valence-electron chi connectivity index (χ0n) is 21.6. The number of hydrogen-bond acceptors (Lipinski definition) is 5. The van der Waals surface area contributed by atoms with Crippen molar-refractivity contribution >= 4 is 6.09 Å². The van der Waals surface area contributed by atoms with Gasteiger partial charge in [-0.3, -0.25) is 4.90 Å². The van der Waals surface area contributed by atoms with Gasteiger partial charge in [-0.25, -0.2) is 4.79 Å². The molecule has 1 aromatic heterocycles. The molecule has 1 amide bonds. The lowest BCUT2D eigenvalue weighted by molar-refractivity contribution is 0.0454. The fourth-order valence-electron chi connectivity index (χ4n) is 5.77. The third-order valence-electron chi connectivity index (χ3n) is 7.11. The molecule has 186 valence electrons. The van der Waals surface area contributed by atoms with Crippen molar-refractivity contribution in [1.82, 2.24) is 25.0 Å². The third kappa shape index (κ3) is 5.80. The van der Waals surface area contributed by atoms with Crippen molar-refractivity contribution in [3.63, 3.8) is 0 Å². The van der Waals surface area contributed by atoms with Crippen molar-refractivity contribution in [2.24, 2.45) is 0 Å². The summed E-state index contributed by atoms with van der Waals surface area (Å²) < 4.78 is 7.99. The Morgan fingerprint density at radius 1 is 1.09 bits per heavy atom. The molecule has 4 rings (SSSR count). The number of fused-ring (bicyclic) bond motifs is 2. The van der Waals surface area contributed by atoms with Crippen molar-refractivity contribution in [3.05, 3.63) is 47.5 Å². The number of amides is 1. The van der Waals surface area contributed by atoms with Crippen molar-refractivity contribution in [3.8, 4) is 0 Å². The molecule has 2 saturated heterocycles. The summed E-state index contributed by atoms with van der Waals surface area (Å²) in [5.74, 6) is 2.49. The van der Waals surface area contributed by atoms with E-state index in [-0.39, 0.29) is 12.1 Å². The molecule has 3 atom stereocenters. The minimum Gasteiger partial charge on any atom is -0.444 e. The first-order valence-corrected chi connectivity index (χ1v) is 12.8. The molecule has 0 saturated carbocycles. The summed E-state index contributed by atoms with van der Waals surface area (Å²) in [7, 11) is 0. The minimum absolute atomic E-state index is 0.000210. The van der Waals surface area contributed by atoms with Gasteiger partial charge in [-0.15, -0.1) is 10.2 Å². The van der Waals surface area contributed by atoms with Crippen LogP contribution in [0.15, 0.2) is 30.3 Å². The molecule has 34 heavy (non-hydrogen) atoms. The van der Waals surface area contributed by atoms with Gasteiger partial charge in [-0.05, 0) is 65.4 Å². The summed E-state index contributed by atoms with van der Waals surface area (Å²) in [6.45, 7) is 13.0. The maximum absolute atomic E-state index is 12.7. The van der Waals surface area contributed by atoms with Gasteiger partial charge >= 0.3 is 6.09 Å². The lowest BCUT2D eigenvalue weighted by Crippen LogP contribution is -2.52. The molecule has 0 aliphatic carbocycles. The highest BCUT2D eigenvalue weighted by molar-refractivity contribution is 5.68. The van der Waals surface area contributed by atoms with Gasteiger partial charge in [-0.2, -0.15) is 0 Å². The zero-order chi connectivity index (χ0) is 24.5.